The second-order valence-corrected chi connectivity index (χ2v) is 6.31. The lowest BCUT2D eigenvalue weighted by Gasteiger charge is -2.28. The summed E-state index contributed by atoms with van der Waals surface area (Å²) in [6.07, 6.45) is 18.7. The molecular formula is C17H35N. The average molecular weight is 253 g/mol. The maximum atomic E-state index is 3.74. The Balaban J connectivity index is 1.80. The highest BCUT2D eigenvalue weighted by Crippen LogP contribution is 2.18. The number of unbranched alkanes of at least 4 members (excludes halogenated alkanes) is 8. The fraction of sp³-hybridized carbons (Fsp3) is 1.00. The van der Waals surface area contributed by atoms with Crippen molar-refractivity contribution < 1.29 is 0 Å². The predicted molar refractivity (Wildman–Crippen MR) is 82.1 cm³/mol. The number of rotatable bonds is 10. The zero-order valence-electron chi connectivity index (χ0n) is 12.8. The van der Waals surface area contributed by atoms with Gasteiger partial charge in [0.2, 0.25) is 0 Å². The molecule has 18 heavy (non-hydrogen) atoms. The Morgan fingerprint density at radius 3 is 2.06 bits per heavy atom. The van der Waals surface area contributed by atoms with Crippen LogP contribution in [0.25, 0.3) is 0 Å². The molecule has 0 amide bonds. The molecule has 2 unspecified atom stereocenters. The van der Waals surface area contributed by atoms with E-state index in [0.29, 0.717) is 0 Å². The third kappa shape index (κ3) is 8.13. The normalized spacial score (nSPS) is 24.3. The van der Waals surface area contributed by atoms with E-state index in [-0.39, 0.29) is 0 Å². The fourth-order valence-corrected chi connectivity index (χ4v) is 3.17. The first-order valence-corrected chi connectivity index (χ1v) is 8.59. The molecule has 2 atom stereocenters. The molecule has 0 aliphatic carbocycles. The van der Waals surface area contributed by atoms with E-state index in [1.807, 2.05) is 0 Å². The van der Waals surface area contributed by atoms with Crippen LogP contribution in [0.4, 0.5) is 0 Å². The molecule has 0 aromatic rings. The summed E-state index contributed by atoms with van der Waals surface area (Å²) in [5, 5.41) is 3.74. The number of hydrogen-bond acceptors (Lipinski definition) is 1. The zero-order chi connectivity index (χ0) is 13.1. The summed E-state index contributed by atoms with van der Waals surface area (Å²) in [7, 11) is 0. The van der Waals surface area contributed by atoms with Crippen molar-refractivity contribution in [1.82, 2.24) is 5.32 Å². The molecule has 108 valence electrons. The summed E-state index contributed by atoms with van der Waals surface area (Å²) >= 11 is 0. The van der Waals surface area contributed by atoms with Gasteiger partial charge in [-0.25, -0.2) is 0 Å². The monoisotopic (exact) mass is 253 g/mol. The van der Waals surface area contributed by atoms with E-state index in [4.69, 9.17) is 0 Å². The summed E-state index contributed by atoms with van der Waals surface area (Å²) in [6, 6.07) is 1.60. The van der Waals surface area contributed by atoms with Crippen LogP contribution in [0.2, 0.25) is 0 Å². The Labute approximate surface area is 115 Å². The second-order valence-electron chi connectivity index (χ2n) is 6.31. The highest BCUT2D eigenvalue weighted by molar-refractivity contribution is 4.77. The lowest BCUT2D eigenvalue weighted by Crippen LogP contribution is -2.40. The summed E-state index contributed by atoms with van der Waals surface area (Å²) in [4.78, 5) is 0. The molecule has 1 heteroatoms. The van der Waals surface area contributed by atoms with E-state index in [0.717, 1.165) is 12.1 Å². The van der Waals surface area contributed by atoms with Crippen LogP contribution in [0.5, 0.6) is 0 Å². The summed E-state index contributed by atoms with van der Waals surface area (Å²) < 4.78 is 0. The van der Waals surface area contributed by atoms with Crippen molar-refractivity contribution in [3.63, 3.8) is 0 Å². The van der Waals surface area contributed by atoms with Crippen LogP contribution in [0.15, 0.2) is 0 Å². The van der Waals surface area contributed by atoms with Gasteiger partial charge in [0.1, 0.15) is 0 Å². The highest BCUT2D eigenvalue weighted by Gasteiger charge is 2.16. The Morgan fingerprint density at radius 2 is 1.44 bits per heavy atom. The van der Waals surface area contributed by atoms with Crippen LogP contribution in [0.1, 0.15) is 97.3 Å². The van der Waals surface area contributed by atoms with Crippen molar-refractivity contribution in [1.29, 1.82) is 0 Å². The first kappa shape index (κ1) is 16.0. The van der Waals surface area contributed by atoms with Gasteiger partial charge in [0.05, 0.1) is 0 Å². The van der Waals surface area contributed by atoms with Crippen LogP contribution in [-0.2, 0) is 0 Å². The molecule has 1 rings (SSSR count). The second kappa shape index (κ2) is 10.8. The predicted octanol–water partition coefficient (Wildman–Crippen LogP) is 5.44. The van der Waals surface area contributed by atoms with Crippen molar-refractivity contribution in [2.75, 3.05) is 0 Å². The fourth-order valence-electron chi connectivity index (χ4n) is 3.17. The SMILES string of the molecule is CCCCCCCCCCCC1CCCC(C)N1. The highest BCUT2D eigenvalue weighted by atomic mass is 15.0. The van der Waals surface area contributed by atoms with E-state index in [2.05, 4.69) is 19.2 Å². The molecule has 0 radical (unpaired) electrons. The molecule has 1 fully saturated rings. The summed E-state index contributed by atoms with van der Waals surface area (Å²) in [5.41, 5.74) is 0. The topological polar surface area (TPSA) is 12.0 Å². The largest absolute Gasteiger partial charge is 0.312 e. The quantitative estimate of drug-likeness (QED) is 0.511. The van der Waals surface area contributed by atoms with Gasteiger partial charge in [-0.2, -0.15) is 0 Å². The molecule has 1 N–H and O–H groups in total. The molecule has 0 aromatic carbocycles. The average Bonchev–Trinajstić information content (AvgIpc) is 2.37. The van der Waals surface area contributed by atoms with Crippen LogP contribution in [-0.4, -0.2) is 12.1 Å². The summed E-state index contributed by atoms with van der Waals surface area (Å²) in [6.45, 7) is 4.63. The van der Waals surface area contributed by atoms with Crippen LogP contribution in [0.3, 0.4) is 0 Å². The van der Waals surface area contributed by atoms with Crippen molar-refractivity contribution in [2.24, 2.45) is 0 Å². The minimum absolute atomic E-state index is 0.766. The molecule has 1 saturated heterocycles. The Kier molecular flexibility index (Phi) is 9.65. The number of piperidine rings is 1. The number of nitrogens with one attached hydrogen (secondary N) is 1. The Hall–Kier alpha value is -0.0400. The van der Waals surface area contributed by atoms with Gasteiger partial charge in [0.15, 0.2) is 0 Å². The summed E-state index contributed by atoms with van der Waals surface area (Å²) in [5.74, 6) is 0. The minimum Gasteiger partial charge on any atom is -0.312 e. The van der Waals surface area contributed by atoms with Gasteiger partial charge < -0.3 is 5.32 Å². The lowest BCUT2D eigenvalue weighted by atomic mass is 9.95. The van der Waals surface area contributed by atoms with E-state index in [1.165, 1.54) is 83.5 Å². The van der Waals surface area contributed by atoms with Gasteiger partial charge in [0.25, 0.3) is 0 Å². The Morgan fingerprint density at radius 1 is 0.833 bits per heavy atom. The van der Waals surface area contributed by atoms with E-state index >= 15 is 0 Å². The molecule has 1 heterocycles. The Bertz CT molecular complexity index is 178. The van der Waals surface area contributed by atoms with Crippen molar-refractivity contribution in [2.45, 2.75) is 109 Å². The van der Waals surface area contributed by atoms with Gasteiger partial charge in [-0.1, -0.05) is 71.1 Å². The number of hydrogen-bond donors (Lipinski definition) is 1. The van der Waals surface area contributed by atoms with Crippen molar-refractivity contribution in [3.8, 4) is 0 Å². The van der Waals surface area contributed by atoms with Gasteiger partial charge in [-0.15, -0.1) is 0 Å². The first-order valence-electron chi connectivity index (χ1n) is 8.59. The van der Waals surface area contributed by atoms with Crippen molar-refractivity contribution in [3.05, 3.63) is 0 Å². The molecule has 0 spiro atoms. The molecule has 0 aromatic heterocycles. The third-order valence-corrected chi connectivity index (χ3v) is 4.37. The van der Waals surface area contributed by atoms with Gasteiger partial charge in [0, 0.05) is 12.1 Å². The third-order valence-electron chi connectivity index (χ3n) is 4.37. The molecule has 0 saturated carbocycles. The van der Waals surface area contributed by atoms with E-state index in [1.54, 1.807) is 0 Å². The van der Waals surface area contributed by atoms with Crippen LogP contribution >= 0.6 is 0 Å². The van der Waals surface area contributed by atoms with Crippen LogP contribution < -0.4 is 5.32 Å². The lowest BCUT2D eigenvalue weighted by molar-refractivity contribution is 0.314. The smallest absolute Gasteiger partial charge is 0.00695 e. The zero-order valence-corrected chi connectivity index (χ0v) is 12.8. The standard InChI is InChI=1S/C17H35N/c1-3-4-5-6-7-8-9-10-11-14-17-15-12-13-16(2)18-17/h16-18H,3-15H2,1-2H3. The first-order chi connectivity index (χ1) is 8.83. The minimum atomic E-state index is 0.766. The maximum Gasteiger partial charge on any atom is 0.00695 e. The molecule has 1 nitrogen and oxygen atoms in total. The van der Waals surface area contributed by atoms with E-state index in [9.17, 15) is 0 Å². The van der Waals surface area contributed by atoms with Gasteiger partial charge in [-0.05, 0) is 26.2 Å². The molecule has 1 aliphatic heterocycles. The van der Waals surface area contributed by atoms with E-state index < -0.39 is 0 Å². The molecular weight excluding hydrogens is 218 g/mol. The molecule has 0 bridgehead atoms. The van der Waals surface area contributed by atoms with Gasteiger partial charge >= 0.3 is 0 Å². The molecule has 1 aliphatic rings. The maximum absolute atomic E-state index is 3.74. The van der Waals surface area contributed by atoms with Crippen LogP contribution in [0, 0.1) is 0 Å². The van der Waals surface area contributed by atoms with Gasteiger partial charge in [-0.3, -0.25) is 0 Å². The van der Waals surface area contributed by atoms with Crippen molar-refractivity contribution >= 4 is 0 Å².